The molecule has 134 valence electrons. The maximum absolute atomic E-state index is 3.73. The minimum Gasteiger partial charge on any atom is -0.354 e. The van der Waals surface area contributed by atoms with Gasteiger partial charge in [0.2, 0.25) is 0 Å². The quantitative estimate of drug-likeness (QED) is 0.323. The maximum atomic E-state index is 3.73. The van der Waals surface area contributed by atoms with E-state index in [0.717, 1.165) is 0 Å². The van der Waals surface area contributed by atoms with E-state index in [-0.39, 0.29) is 5.41 Å². The van der Waals surface area contributed by atoms with Crippen molar-refractivity contribution in [2.24, 2.45) is 0 Å². The summed E-state index contributed by atoms with van der Waals surface area (Å²) in [7, 11) is 0. The molecule has 1 aliphatic carbocycles. The smallest absolute Gasteiger partial charge is 0.0509 e. The van der Waals surface area contributed by atoms with Crippen molar-refractivity contribution in [2.45, 2.75) is 19.3 Å². The number of rotatable bonds is 1. The Morgan fingerprint density at radius 2 is 1.43 bits per heavy atom. The molecule has 1 aliphatic rings. The summed E-state index contributed by atoms with van der Waals surface area (Å²) in [6.07, 6.45) is 0. The molecule has 0 fully saturated rings. The monoisotopic (exact) mass is 359 g/mol. The van der Waals surface area contributed by atoms with Crippen molar-refractivity contribution in [3.05, 3.63) is 96.1 Å². The van der Waals surface area contributed by atoms with Crippen molar-refractivity contribution in [1.29, 1.82) is 0 Å². The number of hydrogen-bond donors (Lipinski definition) is 1. The van der Waals surface area contributed by atoms with E-state index in [9.17, 15) is 0 Å². The van der Waals surface area contributed by atoms with Gasteiger partial charge in [0.05, 0.1) is 5.69 Å². The molecule has 1 nitrogen and oxygen atoms in total. The number of nitrogens with one attached hydrogen (secondary N) is 1. The highest BCUT2D eigenvalue weighted by molar-refractivity contribution is 6.03. The first-order chi connectivity index (χ1) is 13.6. The molecule has 1 heteroatoms. The summed E-state index contributed by atoms with van der Waals surface area (Å²) in [5, 5.41) is 4.01. The molecule has 0 bridgehead atoms. The molecule has 0 spiro atoms. The zero-order chi connectivity index (χ0) is 18.9. The number of aromatic amines is 1. The Hall–Kier alpha value is -3.32. The Morgan fingerprint density at radius 1 is 0.643 bits per heavy atom. The van der Waals surface area contributed by atoms with Crippen LogP contribution in [0.5, 0.6) is 0 Å². The molecule has 0 aliphatic heterocycles. The molecule has 5 aromatic rings. The van der Waals surface area contributed by atoms with Crippen molar-refractivity contribution in [1.82, 2.24) is 4.98 Å². The molecule has 0 amide bonds. The van der Waals surface area contributed by atoms with Gasteiger partial charge in [-0.2, -0.15) is 0 Å². The number of H-pyrrole nitrogens is 1. The number of fused-ring (bicyclic) bond motifs is 7. The molecule has 0 unspecified atom stereocenters. The average molecular weight is 359 g/mol. The lowest BCUT2D eigenvalue weighted by atomic mass is 9.79. The molecule has 0 saturated heterocycles. The lowest BCUT2D eigenvalue weighted by molar-refractivity contribution is 0.672. The highest BCUT2D eigenvalue weighted by atomic mass is 14.7. The summed E-state index contributed by atoms with van der Waals surface area (Å²) < 4.78 is 0. The molecule has 1 heterocycles. The Kier molecular flexibility index (Phi) is 3.01. The second kappa shape index (κ2) is 5.36. The van der Waals surface area contributed by atoms with Gasteiger partial charge in [-0.1, -0.05) is 86.6 Å². The van der Waals surface area contributed by atoms with Crippen LogP contribution in [0.2, 0.25) is 0 Å². The maximum Gasteiger partial charge on any atom is 0.0509 e. The van der Waals surface area contributed by atoms with Gasteiger partial charge >= 0.3 is 0 Å². The Morgan fingerprint density at radius 3 is 2.29 bits per heavy atom. The normalized spacial score (nSPS) is 14.4. The summed E-state index contributed by atoms with van der Waals surface area (Å²) >= 11 is 0. The van der Waals surface area contributed by atoms with Crippen molar-refractivity contribution in [2.75, 3.05) is 0 Å². The van der Waals surface area contributed by atoms with Crippen LogP contribution in [0, 0.1) is 0 Å². The molecular weight excluding hydrogens is 338 g/mol. The second-order valence-corrected chi connectivity index (χ2v) is 8.34. The van der Waals surface area contributed by atoms with E-state index >= 15 is 0 Å². The average Bonchev–Trinajstić information content (AvgIpc) is 3.22. The molecule has 0 radical (unpaired) electrons. The topological polar surface area (TPSA) is 15.8 Å². The van der Waals surface area contributed by atoms with Crippen LogP contribution in [-0.4, -0.2) is 4.98 Å². The first-order valence-corrected chi connectivity index (χ1v) is 9.89. The summed E-state index contributed by atoms with van der Waals surface area (Å²) in [5.41, 5.74) is 9.20. The summed E-state index contributed by atoms with van der Waals surface area (Å²) in [6.45, 7) is 4.74. The Balaban J connectivity index is 1.67. The Bertz CT molecular complexity index is 1370. The third-order valence-electron chi connectivity index (χ3n) is 6.35. The van der Waals surface area contributed by atoms with Gasteiger partial charge in [0.15, 0.2) is 0 Å². The minimum absolute atomic E-state index is 0.0426. The highest BCUT2D eigenvalue weighted by Crippen LogP contribution is 2.53. The van der Waals surface area contributed by atoms with Crippen LogP contribution in [0.3, 0.4) is 0 Å². The van der Waals surface area contributed by atoms with Crippen LogP contribution < -0.4 is 0 Å². The fourth-order valence-corrected chi connectivity index (χ4v) is 5.13. The van der Waals surface area contributed by atoms with E-state index in [4.69, 9.17) is 0 Å². The van der Waals surface area contributed by atoms with Crippen LogP contribution in [0.1, 0.15) is 25.0 Å². The van der Waals surface area contributed by atoms with Gasteiger partial charge < -0.3 is 4.98 Å². The zero-order valence-electron chi connectivity index (χ0n) is 16.1. The SMILES string of the molecule is CC1(C)c2c(ccc3ccccc23)-c2[nH]c3ccc(-c4ccccc4)cc3c21. The molecule has 28 heavy (non-hydrogen) atoms. The Labute approximate surface area is 164 Å². The molecule has 4 aromatic carbocycles. The van der Waals surface area contributed by atoms with Gasteiger partial charge in [-0.05, 0) is 45.2 Å². The van der Waals surface area contributed by atoms with E-state index in [0.29, 0.717) is 0 Å². The van der Waals surface area contributed by atoms with Gasteiger partial charge in [0.25, 0.3) is 0 Å². The van der Waals surface area contributed by atoms with Crippen LogP contribution in [-0.2, 0) is 5.41 Å². The molecule has 1 aromatic heterocycles. The molecule has 0 atom stereocenters. The van der Waals surface area contributed by atoms with Crippen molar-refractivity contribution >= 4 is 21.7 Å². The van der Waals surface area contributed by atoms with Crippen LogP contribution in [0.15, 0.2) is 84.9 Å². The first kappa shape index (κ1) is 15.7. The van der Waals surface area contributed by atoms with E-state index in [1.807, 2.05) is 0 Å². The highest BCUT2D eigenvalue weighted by Gasteiger charge is 2.39. The van der Waals surface area contributed by atoms with Crippen LogP contribution in [0.4, 0.5) is 0 Å². The first-order valence-electron chi connectivity index (χ1n) is 9.89. The summed E-state index contributed by atoms with van der Waals surface area (Å²) in [4.78, 5) is 3.73. The fraction of sp³-hybridized carbons (Fsp3) is 0.111. The molecule has 6 rings (SSSR count). The van der Waals surface area contributed by atoms with Gasteiger partial charge in [-0.3, -0.25) is 0 Å². The van der Waals surface area contributed by atoms with E-state index < -0.39 is 0 Å². The van der Waals surface area contributed by atoms with Crippen molar-refractivity contribution in [3.8, 4) is 22.4 Å². The van der Waals surface area contributed by atoms with E-state index in [1.165, 1.54) is 55.2 Å². The molecule has 1 N–H and O–H groups in total. The molecular formula is C27H21N. The van der Waals surface area contributed by atoms with Gasteiger partial charge in [-0.25, -0.2) is 0 Å². The predicted octanol–water partition coefficient (Wildman–Crippen LogP) is 7.29. The standard InChI is InChI=1S/C27H21N/c1-27(2)24-20-11-7-6-10-18(20)12-14-21(24)26-25(27)22-16-19(13-15-23(22)28-26)17-8-4-3-5-9-17/h3-16,28H,1-2H3. The van der Waals surface area contributed by atoms with Crippen LogP contribution in [0.25, 0.3) is 44.1 Å². The number of benzene rings is 4. The number of hydrogen-bond acceptors (Lipinski definition) is 0. The van der Waals surface area contributed by atoms with E-state index in [2.05, 4.69) is 104 Å². The fourth-order valence-electron chi connectivity index (χ4n) is 5.13. The van der Waals surface area contributed by atoms with Crippen molar-refractivity contribution in [3.63, 3.8) is 0 Å². The summed E-state index contributed by atoms with van der Waals surface area (Å²) in [5.74, 6) is 0. The lowest BCUT2D eigenvalue weighted by Crippen LogP contribution is -2.15. The lowest BCUT2D eigenvalue weighted by Gasteiger charge is -2.23. The predicted molar refractivity (Wildman–Crippen MR) is 119 cm³/mol. The third kappa shape index (κ3) is 1.96. The van der Waals surface area contributed by atoms with E-state index in [1.54, 1.807) is 0 Å². The van der Waals surface area contributed by atoms with Crippen molar-refractivity contribution < 1.29 is 0 Å². The largest absolute Gasteiger partial charge is 0.354 e. The minimum atomic E-state index is -0.0426. The third-order valence-corrected chi connectivity index (χ3v) is 6.35. The zero-order valence-corrected chi connectivity index (χ0v) is 16.1. The van der Waals surface area contributed by atoms with Gasteiger partial charge in [-0.15, -0.1) is 0 Å². The second-order valence-electron chi connectivity index (χ2n) is 8.34. The van der Waals surface area contributed by atoms with Gasteiger partial charge in [0.1, 0.15) is 0 Å². The van der Waals surface area contributed by atoms with Gasteiger partial charge in [0, 0.05) is 21.9 Å². The molecule has 0 saturated carbocycles. The summed E-state index contributed by atoms with van der Waals surface area (Å²) in [6, 6.07) is 30.7. The number of aromatic nitrogens is 1. The van der Waals surface area contributed by atoms with Crippen LogP contribution >= 0.6 is 0 Å².